The molecule has 1 aromatic rings. The van der Waals surface area contributed by atoms with Crippen molar-refractivity contribution in [2.24, 2.45) is 0 Å². The summed E-state index contributed by atoms with van der Waals surface area (Å²) in [7, 11) is 1.44. The fraction of sp³-hybridized carbons (Fsp3) is 0.462. The second-order valence-corrected chi connectivity index (χ2v) is 4.89. The quantitative estimate of drug-likeness (QED) is 0.846. The van der Waals surface area contributed by atoms with Crippen molar-refractivity contribution in [1.29, 1.82) is 0 Å². The maximum atomic E-state index is 13.6. The second-order valence-electron chi connectivity index (χ2n) is 4.89. The van der Waals surface area contributed by atoms with Crippen molar-refractivity contribution >= 4 is 5.97 Å². The van der Waals surface area contributed by atoms with Crippen LogP contribution in [0.3, 0.4) is 0 Å². The van der Waals surface area contributed by atoms with Gasteiger partial charge in [0.1, 0.15) is 23.3 Å². The average Bonchev–Trinajstić information content (AvgIpc) is 2.20. The number of hydrogen-bond acceptors (Lipinski definition) is 3. The van der Waals surface area contributed by atoms with Gasteiger partial charge < -0.3 is 10.1 Å². The standard InChI is InChI=1S/C13H17F2NO2/c1-13(2,3)18-12(17)11(16-4)10-8(14)6-5-7-9(10)15/h5-7,11,16H,1-4H3. The number of benzene rings is 1. The van der Waals surface area contributed by atoms with Gasteiger partial charge >= 0.3 is 5.97 Å². The average molecular weight is 257 g/mol. The topological polar surface area (TPSA) is 38.3 Å². The van der Waals surface area contributed by atoms with E-state index in [4.69, 9.17) is 4.74 Å². The van der Waals surface area contributed by atoms with Crippen molar-refractivity contribution in [3.63, 3.8) is 0 Å². The predicted molar refractivity (Wildman–Crippen MR) is 64.0 cm³/mol. The van der Waals surface area contributed by atoms with E-state index in [9.17, 15) is 13.6 Å². The van der Waals surface area contributed by atoms with Crippen molar-refractivity contribution in [2.75, 3.05) is 7.05 Å². The van der Waals surface area contributed by atoms with Crippen LogP contribution in [0.5, 0.6) is 0 Å². The van der Waals surface area contributed by atoms with Gasteiger partial charge in [0.15, 0.2) is 0 Å². The summed E-state index contributed by atoms with van der Waals surface area (Å²) in [5, 5.41) is 2.57. The Kier molecular flexibility index (Phi) is 4.40. The second kappa shape index (κ2) is 5.44. The molecular formula is C13H17F2NO2. The largest absolute Gasteiger partial charge is 0.459 e. The van der Waals surface area contributed by atoms with Gasteiger partial charge in [-0.25, -0.2) is 13.6 Å². The number of nitrogens with one attached hydrogen (secondary N) is 1. The predicted octanol–water partition coefficient (Wildman–Crippen LogP) is 2.57. The summed E-state index contributed by atoms with van der Waals surface area (Å²) < 4.78 is 32.3. The van der Waals surface area contributed by atoms with Gasteiger partial charge in [-0.1, -0.05) is 6.07 Å². The van der Waals surface area contributed by atoms with Crippen molar-refractivity contribution in [3.8, 4) is 0 Å². The van der Waals surface area contributed by atoms with Gasteiger partial charge in [0, 0.05) is 0 Å². The van der Waals surface area contributed by atoms with Gasteiger partial charge in [-0.05, 0) is 40.0 Å². The van der Waals surface area contributed by atoms with Crippen LogP contribution in [-0.2, 0) is 9.53 Å². The first-order valence-corrected chi connectivity index (χ1v) is 5.60. The molecule has 1 aromatic carbocycles. The molecule has 0 heterocycles. The molecule has 5 heteroatoms. The number of carbonyl (C=O) groups is 1. The molecule has 0 saturated heterocycles. The monoisotopic (exact) mass is 257 g/mol. The van der Waals surface area contributed by atoms with Gasteiger partial charge in [0.05, 0.1) is 5.56 Å². The molecule has 3 nitrogen and oxygen atoms in total. The molecule has 1 unspecified atom stereocenters. The number of esters is 1. The van der Waals surface area contributed by atoms with Crippen LogP contribution in [0.1, 0.15) is 32.4 Å². The molecule has 100 valence electrons. The summed E-state index contributed by atoms with van der Waals surface area (Å²) in [4.78, 5) is 11.9. The van der Waals surface area contributed by atoms with E-state index >= 15 is 0 Å². The first kappa shape index (κ1) is 14.6. The van der Waals surface area contributed by atoms with E-state index < -0.39 is 29.2 Å². The van der Waals surface area contributed by atoms with Crippen LogP contribution in [0.15, 0.2) is 18.2 Å². The molecule has 0 radical (unpaired) electrons. The highest BCUT2D eigenvalue weighted by atomic mass is 19.1. The Morgan fingerprint density at radius 1 is 1.28 bits per heavy atom. The lowest BCUT2D eigenvalue weighted by Crippen LogP contribution is -2.34. The molecule has 0 aliphatic heterocycles. The lowest BCUT2D eigenvalue weighted by Gasteiger charge is -2.24. The Morgan fingerprint density at radius 3 is 2.17 bits per heavy atom. The zero-order chi connectivity index (χ0) is 13.9. The molecule has 0 aliphatic rings. The molecule has 0 bridgehead atoms. The van der Waals surface area contributed by atoms with Crippen molar-refractivity contribution in [2.45, 2.75) is 32.4 Å². The first-order chi connectivity index (χ1) is 8.26. The van der Waals surface area contributed by atoms with E-state index in [1.165, 1.54) is 13.1 Å². The Bertz CT molecular complexity index is 421. The van der Waals surface area contributed by atoms with Gasteiger partial charge in [0.2, 0.25) is 0 Å². The minimum atomic E-state index is -1.16. The molecule has 1 atom stereocenters. The van der Waals surface area contributed by atoms with Crippen molar-refractivity contribution in [1.82, 2.24) is 5.32 Å². The molecule has 1 N–H and O–H groups in total. The van der Waals surface area contributed by atoms with Crippen molar-refractivity contribution < 1.29 is 18.3 Å². The Hall–Kier alpha value is -1.49. The van der Waals surface area contributed by atoms with Crippen LogP contribution in [0.4, 0.5) is 8.78 Å². The molecule has 1 rings (SSSR count). The highest BCUT2D eigenvalue weighted by molar-refractivity contribution is 5.78. The summed E-state index contributed by atoms with van der Waals surface area (Å²) in [6.45, 7) is 5.07. The number of likely N-dealkylation sites (N-methyl/N-ethyl adjacent to an activating group) is 1. The van der Waals surface area contributed by atoms with E-state index in [2.05, 4.69) is 5.32 Å². The van der Waals surface area contributed by atoms with E-state index in [-0.39, 0.29) is 5.56 Å². The number of ether oxygens (including phenoxy) is 1. The van der Waals surface area contributed by atoms with E-state index in [0.717, 1.165) is 12.1 Å². The molecule has 0 saturated carbocycles. The highest BCUT2D eigenvalue weighted by Crippen LogP contribution is 2.23. The summed E-state index contributed by atoms with van der Waals surface area (Å²) >= 11 is 0. The fourth-order valence-corrected chi connectivity index (χ4v) is 1.53. The van der Waals surface area contributed by atoms with Gasteiger partial charge in [-0.2, -0.15) is 0 Å². The third kappa shape index (κ3) is 3.50. The van der Waals surface area contributed by atoms with Crippen LogP contribution in [-0.4, -0.2) is 18.6 Å². The molecular weight excluding hydrogens is 240 g/mol. The fourth-order valence-electron chi connectivity index (χ4n) is 1.53. The van der Waals surface area contributed by atoms with Gasteiger partial charge in [0.25, 0.3) is 0 Å². The van der Waals surface area contributed by atoms with E-state index in [1.807, 2.05) is 0 Å². The first-order valence-electron chi connectivity index (χ1n) is 5.60. The van der Waals surface area contributed by atoms with Crippen molar-refractivity contribution in [3.05, 3.63) is 35.4 Å². The summed E-state index contributed by atoms with van der Waals surface area (Å²) in [5.74, 6) is -2.27. The molecule has 0 fully saturated rings. The number of halogens is 2. The smallest absolute Gasteiger partial charge is 0.328 e. The normalized spacial score (nSPS) is 13.2. The van der Waals surface area contributed by atoms with Gasteiger partial charge in [-0.3, -0.25) is 0 Å². The number of hydrogen-bond donors (Lipinski definition) is 1. The number of carbonyl (C=O) groups excluding carboxylic acids is 1. The summed E-state index contributed by atoms with van der Waals surface area (Å²) in [6, 6.07) is 2.29. The maximum absolute atomic E-state index is 13.6. The van der Waals surface area contributed by atoms with Crippen LogP contribution < -0.4 is 5.32 Å². The molecule has 18 heavy (non-hydrogen) atoms. The zero-order valence-electron chi connectivity index (χ0n) is 10.9. The van der Waals surface area contributed by atoms with Crippen LogP contribution >= 0.6 is 0 Å². The Morgan fingerprint density at radius 2 is 1.78 bits per heavy atom. The molecule has 0 spiro atoms. The Labute approximate surface area is 105 Å². The van der Waals surface area contributed by atoms with Crippen LogP contribution in [0.2, 0.25) is 0 Å². The molecule has 0 aliphatic carbocycles. The third-order valence-corrected chi connectivity index (χ3v) is 2.22. The SMILES string of the molecule is CNC(C(=O)OC(C)(C)C)c1c(F)cccc1F. The highest BCUT2D eigenvalue weighted by Gasteiger charge is 2.29. The van der Waals surface area contributed by atoms with E-state index in [1.54, 1.807) is 20.8 Å². The third-order valence-electron chi connectivity index (χ3n) is 2.22. The Balaban J connectivity index is 3.07. The van der Waals surface area contributed by atoms with Crippen LogP contribution in [0.25, 0.3) is 0 Å². The van der Waals surface area contributed by atoms with E-state index in [0.29, 0.717) is 0 Å². The minimum absolute atomic E-state index is 0.325. The summed E-state index contributed by atoms with van der Waals surface area (Å²) in [5.41, 5.74) is -1.04. The van der Waals surface area contributed by atoms with Crippen LogP contribution in [0, 0.1) is 11.6 Å². The lowest BCUT2D eigenvalue weighted by molar-refractivity contribution is -0.157. The maximum Gasteiger partial charge on any atom is 0.328 e. The molecule has 0 amide bonds. The number of rotatable bonds is 3. The lowest BCUT2D eigenvalue weighted by atomic mass is 10.1. The summed E-state index contributed by atoms with van der Waals surface area (Å²) in [6.07, 6.45) is 0. The van der Waals surface area contributed by atoms with Gasteiger partial charge in [-0.15, -0.1) is 0 Å². The molecule has 0 aromatic heterocycles. The minimum Gasteiger partial charge on any atom is -0.459 e. The zero-order valence-corrected chi connectivity index (χ0v) is 10.9.